The third kappa shape index (κ3) is 11.3. The highest BCUT2D eigenvalue weighted by Crippen LogP contribution is 2.33. The monoisotopic (exact) mass is 558 g/mol. The van der Waals surface area contributed by atoms with Crippen LogP contribution in [0, 0.1) is 18.7 Å². The van der Waals surface area contributed by atoms with Gasteiger partial charge >= 0.3 is 0 Å². The molecule has 9 nitrogen and oxygen atoms in total. The average molecular weight is 559 g/mol. The van der Waals surface area contributed by atoms with Crippen LogP contribution >= 0.6 is 0 Å². The fourth-order valence-electron chi connectivity index (χ4n) is 4.13. The molecule has 2 unspecified atom stereocenters. The predicted molar refractivity (Wildman–Crippen MR) is 152 cm³/mol. The Labute approximate surface area is 236 Å². The minimum atomic E-state index is -0.901. The minimum Gasteiger partial charge on any atom is -0.492 e. The van der Waals surface area contributed by atoms with Gasteiger partial charge in [0.2, 0.25) is 18.2 Å². The Morgan fingerprint density at radius 1 is 1.15 bits per heavy atom. The van der Waals surface area contributed by atoms with Crippen molar-refractivity contribution < 1.29 is 28.6 Å². The Kier molecular flexibility index (Phi) is 14.7. The number of benzene rings is 2. The van der Waals surface area contributed by atoms with Crippen LogP contribution in [0.1, 0.15) is 37.3 Å². The van der Waals surface area contributed by atoms with Gasteiger partial charge in [0.15, 0.2) is 0 Å². The number of likely N-dealkylation sites (N-methyl/N-ethyl adjacent to an activating group) is 2. The second kappa shape index (κ2) is 18.0. The van der Waals surface area contributed by atoms with Crippen LogP contribution in [0.25, 0.3) is 0 Å². The summed E-state index contributed by atoms with van der Waals surface area (Å²) >= 11 is 0. The van der Waals surface area contributed by atoms with Crippen LogP contribution in [0.3, 0.4) is 0 Å². The Bertz CT molecular complexity index is 1030. The van der Waals surface area contributed by atoms with Crippen molar-refractivity contribution >= 4 is 18.2 Å². The lowest BCUT2D eigenvalue weighted by molar-refractivity contribution is -0.142. The molecule has 220 valence electrons. The first kappa shape index (κ1) is 32.7. The number of aliphatic hydroxyl groups is 1. The van der Waals surface area contributed by atoms with E-state index in [0.29, 0.717) is 32.7 Å². The maximum absolute atomic E-state index is 13.0. The molecule has 4 N–H and O–H groups in total. The number of nitrogens with one attached hydrogen (secondary N) is 3. The maximum Gasteiger partial charge on any atom is 0.245 e. The number of nitrogens with zero attached hydrogens (tertiary/aromatic N) is 1. The van der Waals surface area contributed by atoms with Gasteiger partial charge in [-0.1, -0.05) is 35.9 Å². The summed E-state index contributed by atoms with van der Waals surface area (Å²) in [5, 5.41) is 18.2. The third-order valence-corrected chi connectivity index (χ3v) is 6.56. The van der Waals surface area contributed by atoms with Gasteiger partial charge in [-0.25, -0.2) is 4.39 Å². The lowest BCUT2D eigenvalue weighted by atomic mass is 10.1. The van der Waals surface area contributed by atoms with Gasteiger partial charge in [-0.3, -0.25) is 14.4 Å². The number of hydrogen-bond donors (Lipinski definition) is 4. The number of rotatable bonds is 16. The molecule has 1 saturated carbocycles. The van der Waals surface area contributed by atoms with Gasteiger partial charge in [0.05, 0.1) is 12.6 Å². The van der Waals surface area contributed by atoms with E-state index in [0.717, 1.165) is 42.6 Å². The second-order valence-corrected chi connectivity index (χ2v) is 9.74. The molecule has 0 spiro atoms. The summed E-state index contributed by atoms with van der Waals surface area (Å²) in [7, 11) is 1.56. The molecule has 0 saturated heterocycles. The number of ether oxygens (including phenoxy) is 1. The van der Waals surface area contributed by atoms with E-state index in [-0.39, 0.29) is 23.5 Å². The molecule has 0 aromatic heterocycles. The molecule has 1 fully saturated rings. The van der Waals surface area contributed by atoms with E-state index in [9.17, 15) is 23.9 Å². The van der Waals surface area contributed by atoms with E-state index >= 15 is 0 Å². The van der Waals surface area contributed by atoms with Crippen molar-refractivity contribution in [1.82, 2.24) is 20.9 Å². The highest BCUT2D eigenvalue weighted by atomic mass is 19.1. The summed E-state index contributed by atoms with van der Waals surface area (Å²) < 4.78 is 18.0. The molecular weight excluding hydrogens is 515 g/mol. The van der Waals surface area contributed by atoms with Crippen LogP contribution in [-0.4, -0.2) is 80.2 Å². The van der Waals surface area contributed by atoms with Crippen molar-refractivity contribution in [2.45, 2.75) is 51.6 Å². The van der Waals surface area contributed by atoms with E-state index < -0.39 is 18.7 Å². The lowest BCUT2D eigenvalue weighted by Gasteiger charge is -2.30. The summed E-state index contributed by atoms with van der Waals surface area (Å²) in [6.07, 6.45) is 4.23. The van der Waals surface area contributed by atoms with Crippen molar-refractivity contribution in [3.63, 3.8) is 0 Å². The molecule has 1 aliphatic rings. The van der Waals surface area contributed by atoms with Gasteiger partial charge in [0, 0.05) is 26.7 Å². The molecule has 40 heavy (non-hydrogen) atoms. The van der Waals surface area contributed by atoms with Crippen molar-refractivity contribution in [1.29, 1.82) is 0 Å². The zero-order valence-corrected chi connectivity index (χ0v) is 23.7. The molecule has 0 aliphatic heterocycles. The summed E-state index contributed by atoms with van der Waals surface area (Å²) in [5.41, 5.74) is 2.16. The Morgan fingerprint density at radius 3 is 2.45 bits per heavy atom. The standard InChI is InChI=1S/C23H36N4O5.C7H7F/c1-3-25-22(30)19(15-28)27(2)23(31)21(18-10-11-18)26-13-14-32-20-9-5-4-7-17(20)8-6-12-24-16-29;1-6-2-4-7(8)5-3-6/h4-5,7,9,16,18-19,21,26,28H,3,6,8,10-15H2,1-2H3,(H,24,29)(H,25,30);2-5H,1H3. The van der Waals surface area contributed by atoms with E-state index in [1.54, 1.807) is 26.1 Å². The summed E-state index contributed by atoms with van der Waals surface area (Å²) in [4.78, 5) is 36.9. The van der Waals surface area contributed by atoms with Crippen LogP contribution in [0.5, 0.6) is 5.75 Å². The fourth-order valence-corrected chi connectivity index (χ4v) is 4.13. The van der Waals surface area contributed by atoms with Crippen LogP contribution < -0.4 is 20.7 Å². The zero-order chi connectivity index (χ0) is 29.3. The number of halogens is 1. The van der Waals surface area contributed by atoms with E-state index in [1.165, 1.54) is 17.0 Å². The largest absolute Gasteiger partial charge is 0.492 e. The van der Waals surface area contributed by atoms with Crippen molar-refractivity contribution in [2.24, 2.45) is 5.92 Å². The number of amides is 3. The molecular formula is C30H43FN4O5. The fraction of sp³-hybridized carbons (Fsp3) is 0.500. The molecule has 3 rings (SSSR count). The van der Waals surface area contributed by atoms with Crippen molar-refractivity contribution in [2.75, 3.05) is 39.9 Å². The summed E-state index contributed by atoms with van der Waals surface area (Å²) in [5.74, 6) is 0.305. The zero-order valence-electron chi connectivity index (χ0n) is 23.7. The average Bonchev–Trinajstić information content (AvgIpc) is 3.79. The first-order valence-corrected chi connectivity index (χ1v) is 13.8. The van der Waals surface area contributed by atoms with Gasteiger partial charge in [0.25, 0.3) is 0 Å². The van der Waals surface area contributed by atoms with Crippen LogP contribution in [-0.2, 0) is 20.8 Å². The molecule has 10 heteroatoms. The molecule has 0 radical (unpaired) electrons. The quantitative estimate of drug-likeness (QED) is 0.185. The van der Waals surface area contributed by atoms with Gasteiger partial charge in [-0.15, -0.1) is 0 Å². The number of carbonyl (C=O) groups is 3. The molecule has 2 aromatic rings. The van der Waals surface area contributed by atoms with Crippen molar-refractivity contribution in [3.8, 4) is 5.75 Å². The topological polar surface area (TPSA) is 120 Å². The molecule has 0 bridgehead atoms. The van der Waals surface area contributed by atoms with Crippen LogP contribution in [0.15, 0.2) is 48.5 Å². The highest BCUT2D eigenvalue weighted by Gasteiger charge is 2.39. The number of aliphatic hydroxyl groups excluding tert-OH is 1. The first-order valence-electron chi connectivity index (χ1n) is 13.8. The van der Waals surface area contributed by atoms with Gasteiger partial charge < -0.3 is 30.7 Å². The normalized spacial score (nSPS) is 13.7. The second-order valence-electron chi connectivity index (χ2n) is 9.74. The van der Waals surface area contributed by atoms with E-state index in [4.69, 9.17) is 4.74 Å². The van der Waals surface area contributed by atoms with Gasteiger partial charge in [0.1, 0.15) is 24.2 Å². The maximum atomic E-state index is 13.0. The third-order valence-electron chi connectivity index (χ3n) is 6.56. The Hall–Kier alpha value is -3.50. The Morgan fingerprint density at radius 2 is 1.85 bits per heavy atom. The smallest absolute Gasteiger partial charge is 0.245 e. The van der Waals surface area contributed by atoms with Crippen molar-refractivity contribution in [3.05, 3.63) is 65.5 Å². The van der Waals surface area contributed by atoms with E-state index in [2.05, 4.69) is 16.0 Å². The summed E-state index contributed by atoms with van der Waals surface area (Å²) in [6, 6.07) is 12.9. The highest BCUT2D eigenvalue weighted by molar-refractivity contribution is 5.90. The molecule has 0 heterocycles. The molecule has 2 aromatic carbocycles. The minimum absolute atomic E-state index is 0.171. The van der Waals surface area contributed by atoms with Gasteiger partial charge in [-0.05, 0) is 69.2 Å². The first-order chi connectivity index (χ1) is 19.3. The molecule has 3 amide bonds. The van der Waals surface area contributed by atoms with Crippen LogP contribution in [0.2, 0.25) is 0 Å². The lowest BCUT2D eigenvalue weighted by Crippen LogP contribution is -2.55. The molecule has 2 atom stereocenters. The number of aryl methyl sites for hydroxylation is 2. The SMILES string of the molecule is CCNC(=O)C(CO)N(C)C(=O)C(NCCOc1ccccc1CCCNC=O)C1CC1.Cc1ccc(F)cc1. The van der Waals surface area contributed by atoms with Crippen LogP contribution in [0.4, 0.5) is 4.39 Å². The Balaban J connectivity index is 0.000000598. The number of carbonyl (C=O) groups excluding carboxylic acids is 3. The van der Waals surface area contributed by atoms with E-state index in [1.807, 2.05) is 31.2 Å². The predicted octanol–water partition coefficient (Wildman–Crippen LogP) is 2.20. The van der Waals surface area contributed by atoms with Gasteiger partial charge in [-0.2, -0.15) is 0 Å². The number of para-hydroxylation sites is 1. The summed E-state index contributed by atoms with van der Waals surface area (Å²) in [6.45, 7) is 5.23. The molecule has 1 aliphatic carbocycles. The number of hydrogen-bond acceptors (Lipinski definition) is 6.